The van der Waals surface area contributed by atoms with E-state index in [0.29, 0.717) is 0 Å². The third-order valence-electron chi connectivity index (χ3n) is 18.6. The van der Waals surface area contributed by atoms with Gasteiger partial charge in [-0.05, 0) is 191 Å². The van der Waals surface area contributed by atoms with Gasteiger partial charge in [0.25, 0.3) is 0 Å². The maximum atomic E-state index is 5.00. The minimum absolute atomic E-state index is 0.186. The van der Waals surface area contributed by atoms with Crippen LogP contribution in [0.2, 0.25) is 0 Å². The Kier molecular flexibility index (Phi) is 18.2. The molecule has 0 bridgehead atoms. The Morgan fingerprint density at radius 1 is 0.425 bits per heavy atom. The number of nitrogens with zero attached hydrogens (tertiary/aromatic N) is 4. The summed E-state index contributed by atoms with van der Waals surface area (Å²) in [6.07, 6.45) is 37.3. The molecule has 0 N–H and O–H groups in total. The Morgan fingerprint density at radius 2 is 0.862 bits per heavy atom. The highest BCUT2D eigenvalue weighted by Gasteiger charge is 2.43. The van der Waals surface area contributed by atoms with E-state index in [1.165, 1.54) is 188 Å². The number of hydrogen-bond donors (Lipinski definition) is 0. The zero-order valence-electron chi connectivity index (χ0n) is 50.0. The topological polar surface area (TPSA) is 51.6 Å². The Labute approximate surface area is 547 Å². The van der Waals surface area contributed by atoms with Crippen molar-refractivity contribution in [3.05, 3.63) is 268 Å². The zero-order chi connectivity index (χ0) is 59.2. The Bertz CT molecular complexity index is 4150. The van der Waals surface area contributed by atoms with Gasteiger partial charge in [0.2, 0.25) is 0 Å². The van der Waals surface area contributed by atoms with Crippen molar-refractivity contribution in [1.29, 1.82) is 0 Å². The quantitative estimate of drug-likeness (QED) is 0.0364. The number of rotatable bonds is 23. The van der Waals surface area contributed by atoms with Crippen LogP contribution in [0.3, 0.4) is 0 Å². The number of benzene rings is 7. The summed E-state index contributed by atoms with van der Waals surface area (Å²) in [6, 6.07) is 64.3. The van der Waals surface area contributed by atoms with Crippen molar-refractivity contribution in [3.8, 4) is 55.6 Å². The summed E-state index contributed by atoms with van der Waals surface area (Å²) < 4.78 is 9.53. The van der Waals surface area contributed by atoms with Crippen molar-refractivity contribution in [1.82, 2.24) is 18.7 Å². The second kappa shape index (κ2) is 26.8. The van der Waals surface area contributed by atoms with Crippen LogP contribution in [-0.2, 0) is 6.84 Å². The molecule has 3 aromatic heterocycles. The van der Waals surface area contributed by atoms with E-state index in [0.717, 1.165) is 48.2 Å². The number of hydrogen-bond acceptors (Lipinski definition) is 5. The smallest absolute Gasteiger partial charge is 0.108 e. The van der Waals surface area contributed by atoms with Crippen molar-refractivity contribution in [3.63, 3.8) is 0 Å². The van der Waals surface area contributed by atoms with Crippen molar-refractivity contribution < 1.29 is 0 Å². The minimum Gasteiger partial charge on any atom is -0.265 e. The first-order chi connectivity index (χ1) is 42.8. The normalized spacial score (nSPS) is 17.3. The van der Waals surface area contributed by atoms with Gasteiger partial charge in [-0.2, -0.15) is 8.75 Å². The molecule has 434 valence electrons. The van der Waals surface area contributed by atoms with E-state index in [4.69, 9.17) is 8.75 Å². The lowest BCUT2D eigenvalue weighted by Gasteiger charge is -2.27. The molecule has 0 saturated heterocycles. The number of alkyl halides is 2. The lowest BCUT2D eigenvalue weighted by atomic mass is 9.82. The number of allylic oxidation sites excluding steroid dienone is 1. The van der Waals surface area contributed by atoms with E-state index in [1.54, 1.807) is 0 Å². The molecule has 3 aliphatic rings. The molecule has 87 heavy (non-hydrogen) atoms. The number of fused-ring (bicyclic) bond motifs is 7. The maximum absolute atomic E-state index is 5.00. The summed E-state index contributed by atoms with van der Waals surface area (Å²) in [4.78, 5) is 8.78. The van der Waals surface area contributed by atoms with Crippen LogP contribution in [0, 0.1) is 0 Å². The lowest BCUT2D eigenvalue weighted by Crippen LogP contribution is -2.17. The number of aromatic nitrogens is 4. The van der Waals surface area contributed by atoms with Crippen molar-refractivity contribution in [2.75, 3.05) is 0 Å². The standard InChI is InChI=1S/C80H74I2N4S/c1-3-5-7-9-11-19-43-79(81)73-51-59(57-21-15-13-16-22-57)29-33-67(73)69-35-31-63(53-75(69)79)71-49-61(28-26-56-41-47-84-48-42-56)72(50-60(71)27-25-55-39-45-83-46-40-55)64-32-36-70-68-34-30-62(52-74(68)80(82,76(70)54-64)44-20-12-10-8-6-4-2)66-38-37-65(58-23-17-14-18-24-58)77-78(66)86-87-85-77/h13-18,21-36,38-42,45-54,65H,3-12,19-20,37,43-44H2,1-2H3/b27-25+,28-26+. The molecule has 0 fully saturated rings. The van der Waals surface area contributed by atoms with E-state index in [1.807, 2.05) is 24.8 Å². The molecule has 3 atom stereocenters. The van der Waals surface area contributed by atoms with Crippen LogP contribution in [0.5, 0.6) is 0 Å². The van der Waals surface area contributed by atoms with Crippen LogP contribution >= 0.6 is 56.9 Å². The summed E-state index contributed by atoms with van der Waals surface area (Å²) >= 11 is 7.08. The molecular weight excluding hydrogens is 1300 g/mol. The molecule has 13 rings (SSSR count). The largest absolute Gasteiger partial charge is 0.265 e. The van der Waals surface area contributed by atoms with Crippen molar-refractivity contribution >= 4 is 86.8 Å². The number of unbranched alkanes of at least 4 members (excludes halogenated alkanes) is 10. The molecule has 4 nitrogen and oxygen atoms in total. The fourth-order valence-electron chi connectivity index (χ4n) is 13.9. The summed E-state index contributed by atoms with van der Waals surface area (Å²) in [6.45, 7) is 4.62. The monoisotopic (exact) mass is 1380 g/mol. The van der Waals surface area contributed by atoms with Gasteiger partial charge in [-0.15, -0.1) is 0 Å². The van der Waals surface area contributed by atoms with E-state index in [2.05, 4.69) is 269 Å². The second-order valence-electron chi connectivity index (χ2n) is 24.1. The second-order valence-corrected chi connectivity index (χ2v) is 28.3. The average molecular weight is 1380 g/mol. The summed E-state index contributed by atoms with van der Waals surface area (Å²) in [5.74, 6) is 0.206. The molecule has 7 heteroatoms. The Morgan fingerprint density at radius 3 is 1.37 bits per heavy atom. The predicted molar refractivity (Wildman–Crippen MR) is 385 cm³/mol. The van der Waals surface area contributed by atoms with Gasteiger partial charge < -0.3 is 0 Å². The Hall–Kier alpha value is -6.92. The van der Waals surface area contributed by atoms with Gasteiger partial charge in [-0.1, -0.05) is 276 Å². The number of halogens is 2. The van der Waals surface area contributed by atoms with Crippen LogP contribution in [0.1, 0.15) is 183 Å². The molecular formula is C80H74I2N4S. The fraction of sp³-hybridized carbons (Fsp3) is 0.250. The maximum Gasteiger partial charge on any atom is 0.108 e. The highest BCUT2D eigenvalue weighted by atomic mass is 127. The van der Waals surface area contributed by atoms with Crippen LogP contribution in [0.4, 0.5) is 0 Å². The van der Waals surface area contributed by atoms with Gasteiger partial charge in [0.05, 0.1) is 24.3 Å². The van der Waals surface area contributed by atoms with Crippen LogP contribution < -0.4 is 0 Å². The number of pyridine rings is 2. The molecule has 0 spiro atoms. The van der Waals surface area contributed by atoms with Crippen LogP contribution in [-0.4, -0.2) is 18.7 Å². The molecule has 0 radical (unpaired) electrons. The van der Waals surface area contributed by atoms with Gasteiger partial charge in [0.1, 0.15) is 5.69 Å². The molecule has 0 saturated carbocycles. The van der Waals surface area contributed by atoms with E-state index in [9.17, 15) is 0 Å². The SMILES string of the molecule is CCCCCCCCC1(I)c2cc(C3=CCC(c4ccccc4)c4nsnc43)ccc2-c2ccc(-c3cc(/C=C/c4ccncc4)c(-c4ccc5c(c4)C(I)(CCCCCCCC)c4cc(-c6ccccc6)ccc4-5)cc3/C=C/c3ccncc3)cc21. The minimum atomic E-state index is -0.244. The molecule has 0 aliphatic heterocycles. The van der Waals surface area contributed by atoms with Gasteiger partial charge in [0, 0.05) is 36.3 Å². The van der Waals surface area contributed by atoms with Crippen molar-refractivity contribution in [2.45, 2.75) is 123 Å². The van der Waals surface area contributed by atoms with Crippen molar-refractivity contribution in [2.24, 2.45) is 0 Å². The first-order valence-corrected chi connectivity index (χ1v) is 34.7. The molecule has 3 aliphatic carbocycles. The lowest BCUT2D eigenvalue weighted by molar-refractivity contribution is 0.563. The summed E-state index contributed by atoms with van der Waals surface area (Å²) in [5, 5.41) is 0. The molecule has 0 amide bonds. The summed E-state index contributed by atoms with van der Waals surface area (Å²) in [5.41, 5.74) is 28.9. The highest BCUT2D eigenvalue weighted by Crippen LogP contribution is 2.59. The van der Waals surface area contributed by atoms with Gasteiger partial charge >= 0.3 is 0 Å². The highest BCUT2D eigenvalue weighted by molar-refractivity contribution is 14.1. The van der Waals surface area contributed by atoms with E-state index in [-0.39, 0.29) is 12.8 Å². The molecule has 10 aromatic rings. The third kappa shape index (κ3) is 12.2. The third-order valence-corrected chi connectivity index (χ3v) is 22.5. The predicted octanol–water partition coefficient (Wildman–Crippen LogP) is 23.5. The van der Waals surface area contributed by atoms with E-state index >= 15 is 0 Å². The zero-order valence-corrected chi connectivity index (χ0v) is 55.1. The van der Waals surface area contributed by atoms with Crippen LogP contribution in [0.15, 0.2) is 201 Å². The van der Waals surface area contributed by atoms with Gasteiger partial charge in [-0.25, -0.2) is 0 Å². The summed E-state index contributed by atoms with van der Waals surface area (Å²) in [7, 11) is 0. The van der Waals surface area contributed by atoms with Gasteiger partial charge in [-0.3, -0.25) is 9.97 Å². The average Bonchev–Trinajstić information content (AvgIpc) is 1.61. The molecule has 3 heterocycles. The first kappa shape index (κ1) is 59.1. The molecule has 3 unspecified atom stereocenters. The van der Waals surface area contributed by atoms with E-state index < -0.39 is 0 Å². The fourth-order valence-corrected chi connectivity index (χ4v) is 17.1. The van der Waals surface area contributed by atoms with Crippen LogP contribution in [0.25, 0.3) is 85.5 Å². The first-order valence-electron chi connectivity index (χ1n) is 31.8. The Balaban J connectivity index is 0.936. The molecule has 7 aromatic carbocycles. The van der Waals surface area contributed by atoms with Gasteiger partial charge in [0.15, 0.2) is 0 Å².